The first kappa shape index (κ1) is 10.3. The van der Waals surface area contributed by atoms with Gasteiger partial charge in [-0.25, -0.2) is 4.98 Å². The molecule has 0 saturated carbocycles. The first-order valence-electron chi connectivity index (χ1n) is 4.81. The summed E-state index contributed by atoms with van der Waals surface area (Å²) in [4.78, 5) is 15.2. The topological polar surface area (TPSA) is 101 Å². The number of hydrogen-bond acceptors (Lipinski definition) is 5. The molecule has 0 bridgehead atoms. The number of aryl methyl sites for hydroxylation is 1. The van der Waals surface area contributed by atoms with Gasteiger partial charge in [0.05, 0.1) is 6.54 Å². The molecule has 0 aliphatic heterocycles. The van der Waals surface area contributed by atoms with Crippen molar-refractivity contribution in [2.75, 3.05) is 0 Å². The Balaban J connectivity index is 1.95. The highest BCUT2D eigenvalue weighted by molar-refractivity contribution is 5.90. The van der Waals surface area contributed by atoms with E-state index in [0.29, 0.717) is 12.4 Å². The number of nitrogens with zero attached hydrogens (tertiary/aromatic N) is 5. The van der Waals surface area contributed by atoms with E-state index in [4.69, 9.17) is 0 Å². The molecule has 1 amide bonds. The van der Waals surface area contributed by atoms with Gasteiger partial charge in [-0.2, -0.15) is 5.10 Å². The van der Waals surface area contributed by atoms with Crippen molar-refractivity contribution in [3.63, 3.8) is 0 Å². The highest BCUT2D eigenvalue weighted by atomic mass is 16.2. The second-order valence-electron chi connectivity index (χ2n) is 3.05. The molecular formula is C8H11N7O. The molecule has 2 aromatic rings. The average molecular weight is 221 g/mol. The zero-order chi connectivity index (χ0) is 11.4. The van der Waals surface area contributed by atoms with Crippen LogP contribution in [0.2, 0.25) is 0 Å². The zero-order valence-corrected chi connectivity index (χ0v) is 8.71. The van der Waals surface area contributed by atoms with Crippen molar-refractivity contribution in [1.29, 1.82) is 0 Å². The molecule has 2 aromatic heterocycles. The number of carbonyl (C=O) groups is 1. The maximum Gasteiger partial charge on any atom is 0.288 e. The first-order chi connectivity index (χ1) is 7.81. The summed E-state index contributed by atoms with van der Waals surface area (Å²) in [5.41, 5.74) is 0. The maximum absolute atomic E-state index is 11.5. The fourth-order valence-corrected chi connectivity index (χ4v) is 1.24. The minimum absolute atomic E-state index is 0.183. The van der Waals surface area contributed by atoms with Crippen molar-refractivity contribution >= 4 is 5.91 Å². The lowest BCUT2D eigenvalue weighted by Gasteiger charge is -2.03. The molecule has 0 atom stereocenters. The Hall–Kier alpha value is -2.25. The first-order valence-corrected chi connectivity index (χ1v) is 4.81. The quantitative estimate of drug-likeness (QED) is 0.714. The Kier molecular flexibility index (Phi) is 2.90. The number of aromatic nitrogens is 6. The van der Waals surface area contributed by atoms with E-state index in [0.717, 1.165) is 6.54 Å². The molecule has 8 heteroatoms. The molecule has 0 radical (unpaired) electrons. The summed E-state index contributed by atoms with van der Waals surface area (Å²) in [5, 5.41) is 16.4. The van der Waals surface area contributed by atoms with Gasteiger partial charge in [-0.3, -0.25) is 9.89 Å². The Morgan fingerprint density at radius 1 is 1.62 bits per heavy atom. The lowest BCUT2D eigenvalue weighted by molar-refractivity contribution is 0.0939. The van der Waals surface area contributed by atoms with Crippen molar-refractivity contribution in [3.8, 4) is 0 Å². The van der Waals surface area contributed by atoms with Gasteiger partial charge in [0.15, 0.2) is 5.82 Å². The molecule has 0 unspecified atom stereocenters. The van der Waals surface area contributed by atoms with E-state index in [1.807, 2.05) is 11.5 Å². The van der Waals surface area contributed by atoms with E-state index in [1.54, 1.807) is 6.33 Å². The van der Waals surface area contributed by atoms with Crippen LogP contribution in [0.5, 0.6) is 0 Å². The zero-order valence-electron chi connectivity index (χ0n) is 8.71. The van der Waals surface area contributed by atoms with Crippen molar-refractivity contribution in [1.82, 2.24) is 35.3 Å². The second-order valence-corrected chi connectivity index (χ2v) is 3.05. The summed E-state index contributed by atoms with van der Waals surface area (Å²) < 4.78 is 1.85. The number of hydrogen-bond donors (Lipinski definition) is 2. The van der Waals surface area contributed by atoms with Crippen LogP contribution in [0, 0.1) is 0 Å². The van der Waals surface area contributed by atoms with Crippen LogP contribution in [0.3, 0.4) is 0 Å². The highest BCUT2D eigenvalue weighted by Crippen LogP contribution is 1.95. The van der Waals surface area contributed by atoms with Crippen molar-refractivity contribution in [2.24, 2.45) is 0 Å². The molecule has 2 heterocycles. The van der Waals surface area contributed by atoms with E-state index in [-0.39, 0.29) is 11.7 Å². The van der Waals surface area contributed by atoms with Gasteiger partial charge in [0.1, 0.15) is 12.7 Å². The Morgan fingerprint density at radius 3 is 3.19 bits per heavy atom. The fraction of sp³-hybridized carbons (Fsp3) is 0.375. The van der Waals surface area contributed by atoms with E-state index < -0.39 is 0 Å². The molecule has 0 fully saturated rings. The van der Waals surface area contributed by atoms with Crippen LogP contribution < -0.4 is 5.32 Å². The summed E-state index contributed by atoms with van der Waals surface area (Å²) in [6, 6.07) is 0. The SMILES string of the molecule is CCn1cnnc1CNC(=O)c1ncn[nH]1. The van der Waals surface area contributed by atoms with Crippen LogP contribution in [-0.4, -0.2) is 35.9 Å². The predicted molar refractivity (Wildman–Crippen MR) is 53.2 cm³/mol. The van der Waals surface area contributed by atoms with Crippen molar-refractivity contribution in [3.05, 3.63) is 24.3 Å². The van der Waals surface area contributed by atoms with Crippen LogP contribution in [-0.2, 0) is 13.1 Å². The number of amides is 1. The molecule has 0 aliphatic rings. The van der Waals surface area contributed by atoms with Crippen LogP contribution in [0.1, 0.15) is 23.4 Å². The lowest BCUT2D eigenvalue weighted by atomic mass is 10.5. The maximum atomic E-state index is 11.5. The van der Waals surface area contributed by atoms with E-state index in [9.17, 15) is 4.79 Å². The second kappa shape index (κ2) is 4.51. The highest BCUT2D eigenvalue weighted by Gasteiger charge is 2.09. The van der Waals surface area contributed by atoms with Crippen LogP contribution in [0.4, 0.5) is 0 Å². The smallest absolute Gasteiger partial charge is 0.288 e. The molecule has 8 nitrogen and oxygen atoms in total. The van der Waals surface area contributed by atoms with E-state index in [1.165, 1.54) is 6.33 Å². The van der Waals surface area contributed by atoms with E-state index >= 15 is 0 Å². The molecule has 0 saturated heterocycles. The van der Waals surface area contributed by atoms with Crippen LogP contribution in [0.25, 0.3) is 0 Å². The largest absolute Gasteiger partial charge is 0.342 e. The number of aromatic amines is 1. The molecule has 0 aliphatic carbocycles. The van der Waals surface area contributed by atoms with Gasteiger partial charge < -0.3 is 9.88 Å². The molecule has 0 spiro atoms. The summed E-state index contributed by atoms with van der Waals surface area (Å²) in [6.45, 7) is 3.05. The van der Waals surface area contributed by atoms with Gasteiger partial charge >= 0.3 is 0 Å². The summed E-state index contributed by atoms with van der Waals surface area (Å²) in [5.74, 6) is 0.570. The van der Waals surface area contributed by atoms with Gasteiger partial charge in [0, 0.05) is 6.54 Å². The van der Waals surface area contributed by atoms with Gasteiger partial charge in [-0.1, -0.05) is 0 Å². The van der Waals surface area contributed by atoms with Crippen LogP contribution in [0.15, 0.2) is 12.7 Å². The summed E-state index contributed by atoms with van der Waals surface area (Å²) in [7, 11) is 0. The molecule has 0 aromatic carbocycles. The molecular weight excluding hydrogens is 210 g/mol. The molecule has 16 heavy (non-hydrogen) atoms. The van der Waals surface area contributed by atoms with Crippen molar-refractivity contribution in [2.45, 2.75) is 20.0 Å². The number of carbonyl (C=O) groups excluding carboxylic acids is 1. The Morgan fingerprint density at radius 2 is 2.50 bits per heavy atom. The van der Waals surface area contributed by atoms with Gasteiger partial charge in [-0.15, -0.1) is 10.2 Å². The normalized spacial score (nSPS) is 10.3. The van der Waals surface area contributed by atoms with Gasteiger partial charge in [0.25, 0.3) is 5.91 Å². The third-order valence-electron chi connectivity index (χ3n) is 2.07. The molecule has 2 N–H and O–H groups in total. The molecule has 2 rings (SSSR count). The third-order valence-corrected chi connectivity index (χ3v) is 2.07. The van der Waals surface area contributed by atoms with Crippen LogP contribution >= 0.6 is 0 Å². The monoisotopic (exact) mass is 221 g/mol. The number of H-pyrrole nitrogens is 1. The van der Waals surface area contributed by atoms with Gasteiger partial charge in [0.2, 0.25) is 5.82 Å². The standard InChI is InChI=1S/C8H11N7O/c1-2-15-5-12-13-6(15)3-9-8(16)7-10-4-11-14-7/h4-5H,2-3H2,1H3,(H,9,16)(H,10,11,14). The van der Waals surface area contributed by atoms with Gasteiger partial charge in [-0.05, 0) is 6.92 Å². The summed E-state index contributed by atoms with van der Waals surface area (Å²) >= 11 is 0. The van der Waals surface area contributed by atoms with E-state index in [2.05, 4.69) is 30.7 Å². The molecule has 84 valence electrons. The third kappa shape index (κ3) is 2.05. The minimum Gasteiger partial charge on any atom is -0.342 e. The number of nitrogens with one attached hydrogen (secondary N) is 2. The van der Waals surface area contributed by atoms with Crippen molar-refractivity contribution < 1.29 is 4.79 Å². The summed E-state index contributed by atoms with van der Waals surface area (Å²) in [6.07, 6.45) is 2.90. The fourth-order valence-electron chi connectivity index (χ4n) is 1.24. The Labute approximate surface area is 91.1 Å². The minimum atomic E-state index is -0.317. The lowest BCUT2D eigenvalue weighted by Crippen LogP contribution is -2.25. The average Bonchev–Trinajstić information content (AvgIpc) is 2.96. The Bertz CT molecular complexity index is 460. The predicted octanol–water partition coefficient (Wildman–Crippen LogP) is -0.654. The number of rotatable bonds is 4.